The van der Waals surface area contributed by atoms with Crippen molar-refractivity contribution in [1.29, 1.82) is 0 Å². The molecule has 0 saturated heterocycles. The Morgan fingerprint density at radius 3 is 2.38 bits per heavy atom. The third-order valence-electron chi connectivity index (χ3n) is 4.93. The molecule has 0 bridgehead atoms. The number of hydrogen-bond donors (Lipinski definition) is 0. The number of anilines is 2. The van der Waals surface area contributed by atoms with E-state index < -0.39 is 11.7 Å². The monoisotopic (exact) mass is 441 g/mol. The van der Waals surface area contributed by atoms with Gasteiger partial charge in [-0.05, 0) is 55.3 Å². The summed E-state index contributed by atoms with van der Waals surface area (Å²) in [7, 11) is 1.74. The van der Waals surface area contributed by atoms with Crippen LogP contribution in [-0.4, -0.2) is 24.3 Å². The van der Waals surface area contributed by atoms with Crippen molar-refractivity contribution in [3.8, 4) is 0 Å². The molecule has 0 aliphatic carbocycles. The Labute approximate surface area is 184 Å². The minimum Gasteiger partial charge on any atom is -0.318 e. The van der Waals surface area contributed by atoms with Crippen molar-refractivity contribution < 1.29 is 22.8 Å². The summed E-state index contributed by atoms with van der Waals surface area (Å²) in [6.45, 7) is 3.72. The molecule has 1 aliphatic heterocycles. The second-order valence-electron chi connectivity index (χ2n) is 7.46. The Hall–Kier alpha value is -3.68. The van der Waals surface area contributed by atoms with Crippen LogP contribution in [0.15, 0.2) is 60.7 Å². The number of amides is 2. The molecule has 2 heterocycles. The maximum absolute atomic E-state index is 12.9. The zero-order valence-corrected chi connectivity index (χ0v) is 17.8. The third kappa shape index (κ3) is 5.14. The summed E-state index contributed by atoms with van der Waals surface area (Å²) in [5, 5.41) is 0. The highest BCUT2D eigenvalue weighted by Gasteiger charge is 2.34. The fourth-order valence-corrected chi connectivity index (χ4v) is 3.30. The highest BCUT2D eigenvalue weighted by Crippen LogP contribution is 2.34. The molecule has 0 atom stereocenters. The van der Waals surface area contributed by atoms with Gasteiger partial charge in [0.25, 0.3) is 5.91 Å². The molecule has 166 valence electrons. The van der Waals surface area contributed by atoms with Crippen molar-refractivity contribution in [3.63, 3.8) is 0 Å². The van der Waals surface area contributed by atoms with Crippen LogP contribution in [-0.2, 0) is 17.5 Å². The van der Waals surface area contributed by atoms with Crippen molar-refractivity contribution in [1.82, 2.24) is 4.98 Å². The number of hydrogen-bond acceptors (Lipinski definition) is 3. The van der Waals surface area contributed by atoms with Gasteiger partial charge in [-0.3, -0.25) is 14.5 Å². The molecule has 2 amide bonds. The van der Waals surface area contributed by atoms with Gasteiger partial charge in [0.05, 0.1) is 12.1 Å². The third-order valence-corrected chi connectivity index (χ3v) is 4.93. The van der Waals surface area contributed by atoms with E-state index >= 15 is 0 Å². The Morgan fingerprint density at radius 1 is 1.03 bits per heavy atom. The number of carbonyl (C=O) groups is 2. The maximum Gasteiger partial charge on any atom is 0.416 e. The van der Waals surface area contributed by atoms with Gasteiger partial charge in [-0.25, -0.2) is 4.98 Å². The number of nitrogens with zero attached hydrogens (tertiary/aromatic N) is 3. The fraction of sp³-hybridized carbons (Fsp3) is 0.208. The zero-order chi connectivity index (χ0) is 23.5. The number of rotatable bonds is 3. The maximum atomic E-state index is 12.9. The molecule has 0 saturated carbocycles. The molecule has 0 radical (unpaired) electrons. The highest BCUT2D eigenvalue weighted by atomic mass is 19.4. The number of alkyl halides is 3. The fourth-order valence-electron chi connectivity index (χ4n) is 3.30. The minimum atomic E-state index is -4.46. The molecule has 4 rings (SSSR count). The molecular formula is C24H22F3N3O2. The molecule has 0 fully saturated rings. The van der Waals surface area contributed by atoms with E-state index in [1.54, 1.807) is 36.2 Å². The first-order chi connectivity index (χ1) is 15.1. The summed E-state index contributed by atoms with van der Waals surface area (Å²) in [4.78, 5) is 29.5. The van der Waals surface area contributed by atoms with E-state index in [1.807, 2.05) is 31.2 Å². The average molecular weight is 441 g/mol. The topological polar surface area (TPSA) is 53.5 Å². The molecule has 1 aromatic heterocycles. The van der Waals surface area contributed by atoms with E-state index in [2.05, 4.69) is 4.98 Å². The summed E-state index contributed by atoms with van der Waals surface area (Å²) < 4.78 is 38.6. The molecule has 0 spiro atoms. The standard InChI is InChI=1S/C15H11F3N2O.C9H11NO/c1-9-6-11(15(16,17)18)7-13(19-9)20-8-10-4-2-3-5-12(10)14(20)21;1-8-4-3-5-9(6-8)10(2)7-11/h2-7H,8H2,1H3;3-7H,1-2H3. The van der Waals surface area contributed by atoms with Gasteiger partial charge in [-0.15, -0.1) is 0 Å². The number of fused-ring (bicyclic) bond motifs is 1. The van der Waals surface area contributed by atoms with Gasteiger partial charge in [0.2, 0.25) is 6.41 Å². The normalized spacial score (nSPS) is 12.7. The lowest BCUT2D eigenvalue weighted by molar-refractivity contribution is -0.137. The molecule has 3 aromatic rings. The SMILES string of the molecule is Cc1cc(C(F)(F)F)cc(N2Cc3ccccc3C2=O)n1.Cc1cccc(N(C)C=O)c1. The second-order valence-corrected chi connectivity index (χ2v) is 7.46. The van der Waals surface area contributed by atoms with Crippen LogP contribution in [0.4, 0.5) is 24.7 Å². The minimum absolute atomic E-state index is 0.0310. The van der Waals surface area contributed by atoms with E-state index in [9.17, 15) is 22.8 Å². The van der Waals surface area contributed by atoms with Gasteiger partial charge >= 0.3 is 6.18 Å². The zero-order valence-electron chi connectivity index (χ0n) is 17.8. The first-order valence-corrected chi connectivity index (χ1v) is 9.80. The Kier molecular flexibility index (Phi) is 6.62. The smallest absolute Gasteiger partial charge is 0.318 e. The molecule has 0 N–H and O–H groups in total. The number of aromatic nitrogens is 1. The van der Waals surface area contributed by atoms with Crippen molar-refractivity contribution in [2.45, 2.75) is 26.6 Å². The van der Waals surface area contributed by atoms with Crippen LogP contribution < -0.4 is 9.80 Å². The molecule has 2 aromatic carbocycles. The lowest BCUT2D eigenvalue weighted by atomic mass is 10.1. The number of benzene rings is 2. The summed E-state index contributed by atoms with van der Waals surface area (Å²) >= 11 is 0. The Morgan fingerprint density at radius 2 is 1.75 bits per heavy atom. The van der Waals surface area contributed by atoms with Gasteiger partial charge in [-0.2, -0.15) is 13.2 Å². The predicted octanol–water partition coefficient (Wildman–Crippen LogP) is 5.16. The number of halogens is 3. The molecule has 32 heavy (non-hydrogen) atoms. The van der Waals surface area contributed by atoms with E-state index in [-0.39, 0.29) is 24.0 Å². The van der Waals surface area contributed by atoms with Crippen LogP contribution in [0.1, 0.15) is 32.7 Å². The van der Waals surface area contributed by atoms with Crippen molar-refractivity contribution >= 4 is 23.8 Å². The van der Waals surface area contributed by atoms with Gasteiger partial charge in [0, 0.05) is 24.0 Å². The lowest BCUT2D eigenvalue weighted by Gasteiger charge is -2.17. The molecule has 0 unspecified atom stereocenters. The van der Waals surface area contributed by atoms with Gasteiger partial charge < -0.3 is 4.90 Å². The van der Waals surface area contributed by atoms with E-state index in [4.69, 9.17) is 0 Å². The quantitative estimate of drug-likeness (QED) is 0.528. The lowest BCUT2D eigenvalue weighted by Crippen LogP contribution is -2.25. The van der Waals surface area contributed by atoms with Crippen molar-refractivity contribution in [2.24, 2.45) is 0 Å². The number of aryl methyl sites for hydroxylation is 2. The van der Waals surface area contributed by atoms with Crippen LogP contribution in [0, 0.1) is 13.8 Å². The van der Waals surface area contributed by atoms with Gasteiger partial charge in [-0.1, -0.05) is 30.3 Å². The van der Waals surface area contributed by atoms with E-state index in [0.717, 1.165) is 35.4 Å². The van der Waals surface area contributed by atoms with Crippen LogP contribution >= 0.6 is 0 Å². The molecule has 1 aliphatic rings. The van der Waals surface area contributed by atoms with E-state index in [0.29, 0.717) is 5.56 Å². The summed E-state index contributed by atoms with van der Waals surface area (Å²) in [5.41, 5.74) is 2.82. The highest BCUT2D eigenvalue weighted by molar-refractivity contribution is 6.09. The largest absolute Gasteiger partial charge is 0.416 e. The number of carbonyl (C=O) groups excluding carboxylic acids is 2. The Bertz CT molecular complexity index is 1150. The van der Waals surface area contributed by atoms with Gasteiger partial charge in [0.15, 0.2) is 0 Å². The average Bonchev–Trinajstić information content (AvgIpc) is 3.09. The Balaban J connectivity index is 0.000000222. The summed E-state index contributed by atoms with van der Waals surface area (Å²) in [6.07, 6.45) is -3.66. The van der Waals surface area contributed by atoms with Crippen LogP contribution in [0.25, 0.3) is 0 Å². The van der Waals surface area contributed by atoms with Gasteiger partial charge in [0.1, 0.15) is 5.82 Å². The van der Waals surface area contributed by atoms with Crippen LogP contribution in [0.3, 0.4) is 0 Å². The number of pyridine rings is 1. The predicted molar refractivity (Wildman–Crippen MR) is 117 cm³/mol. The second kappa shape index (κ2) is 9.21. The van der Waals surface area contributed by atoms with Crippen molar-refractivity contribution in [2.75, 3.05) is 16.8 Å². The molecule has 8 heteroatoms. The molecule has 5 nitrogen and oxygen atoms in total. The summed E-state index contributed by atoms with van der Waals surface area (Å²) in [5.74, 6) is -0.291. The van der Waals surface area contributed by atoms with Crippen LogP contribution in [0.2, 0.25) is 0 Å². The van der Waals surface area contributed by atoms with Crippen molar-refractivity contribution in [3.05, 3.63) is 88.6 Å². The van der Waals surface area contributed by atoms with Crippen LogP contribution in [0.5, 0.6) is 0 Å². The molecular weight excluding hydrogens is 419 g/mol. The van der Waals surface area contributed by atoms with E-state index in [1.165, 1.54) is 11.8 Å². The first-order valence-electron chi connectivity index (χ1n) is 9.80. The first kappa shape index (κ1) is 23.0. The summed E-state index contributed by atoms with van der Waals surface area (Å²) in [6, 6.07) is 16.7.